The molecule has 58 valence electrons. The van der Waals surface area contributed by atoms with Crippen LogP contribution in [0.25, 0.3) is 10.3 Å². The van der Waals surface area contributed by atoms with Gasteiger partial charge in [0.25, 0.3) is 0 Å². The molecule has 7 heteroatoms. The number of hydrogen-bond acceptors (Lipinski definition) is 5. The van der Waals surface area contributed by atoms with Crippen molar-refractivity contribution in [3.8, 4) is 0 Å². The molecule has 0 bridgehead atoms. The van der Waals surface area contributed by atoms with E-state index in [1.165, 1.54) is 11.3 Å². The van der Waals surface area contributed by atoms with Gasteiger partial charge in [0.15, 0.2) is 10.8 Å². The average molecular weight is 187 g/mol. The Morgan fingerprint density at radius 2 is 2.45 bits per heavy atom. The lowest BCUT2D eigenvalue weighted by molar-refractivity contribution is 1.11. The first-order chi connectivity index (χ1) is 5.31. The van der Waals surface area contributed by atoms with Crippen LogP contribution in [0.3, 0.4) is 0 Å². The maximum absolute atomic E-state index is 5.48. The van der Waals surface area contributed by atoms with Crippen LogP contribution >= 0.6 is 20.7 Å². The van der Waals surface area contributed by atoms with Crippen molar-refractivity contribution in [2.75, 3.05) is 10.8 Å². The molecule has 11 heavy (non-hydrogen) atoms. The first kappa shape index (κ1) is 6.82. The second kappa shape index (κ2) is 2.32. The summed E-state index contributed by atoms with van der Waals surface area (Å²) in [5.74, 6) is 0.833. The van der Waals surface area contributed by atoms with E-state index in [1.807, 2.05) is 0 Å². The van der Waals surface area contributed by atoms with Crippen LogP contribution in [0.15, 0.2) is 0 Å². The topological polar surface area (TPSA) is 79.6 Å². The van der Waals surface area contributed by atoms with E-state index in [9.17, 15) is 0 Å². The van der Waals surface area contributed by atoms with Gasteiger partial charge in [-0.3, -0.25) is 5.10 Å². The summed E-state index contributed by atoms with van der Waals surface area (Å²) >= 11 is 1.41. The maximum Gasteiger partial charge on any atom is 0.196 e. The molecule has 0 spiro atoms. The summed E-state index contributed by atoms with van der Waals surface area (Å²) in [5.41, 5.74) is 6.14. The molecule has 0 aromatic carbocycles. The predicted octanol–water partition coefficient (Wildman–Crippen LogP) is 0.804. The van der Waals surface area contributed by atoms with Crippen molar-refractivity contribution in [1.82, 2.24) is 15.2 Å². The molecule has 2 aromatic heterocycles. The Morgan fingerprint density at radius 3 is 3.18 bits per heavy atom. The Hall–Kier alpha value is -0.870. The molecule has 0 aliphatic heterocycles. The van der Waals surface area contributed by atoms with Gasteiger partial charge < -0.3 is 10.8 Å². The van der Waals surface area contributed by atoms with Crippen molar-refractivity contribution in [2.45, 2.75) is 0 Å². The number of fused-ring (bicyclic) bond motifs is 1. The first-order valence-corrected chi connectivity index (χ1v) is 4.27. The average Bonchev–Trinajstić information content (AvgIpc) is 2.45. The molecule has 0 aliphatic rings. The number of hydrogen-bond donors (Lipinski definition) is 3. The highest BCUT2D eigenvalue weighted by Crippen LogP contribution is 2.28. The van der Waals surface area contributed by atoms with E-state index in [-0.39, 0.29) is 0 Å². The van der Waals surface area contributed by atoms with E-state index < -0.39 is 0 Å². The predicted molar refractivity (Wildman–Crippen MR) is 49.5 cm³/mol. The zero-order chi connectivity index (χ0) is 7.84. The van der Waals surface area contributed by atoms with Crippen molar-refractivity contribution < 1.29 is 0 Å². The van der Waals surface area contributed by atoms with Gasteiger partial charge in [-0.25, -0.2) is 0 Å². The van der Waals surface area contributed by atoms with Gasteiger partial charge in [-0.15, -0.1) is 0 Å². The van der Waals surface area contributed by atoms with Gasteiger partial charge in [0.1, 0.15) is 10.5 Å². The van der Waals surface area contributed by atoms with Crippen LogP contribution < -0.4 is 10.8 Å². The largest absolute Gasteiger partial charge is 0.375 e. The Morgan fingerprint density at radius 1 is 1.64 bits per heavy atom. The van der Waals surface area contributed by atoms with Gasteiger partial charge in [-0.05, 0) is 9.39 Å². The summed E-state index contributed by atoms with van der Waals surface area (Å²) in [4.78, 5) is 3.99. The smallest absolute Gasteiger partial charge is 0.196 e. The maximum atomic E-state index is 5.48. The minimum absolute atomic E-state index is 0.540. The number of thiazole rings is 1. The molecule has 0 amide bonds. The number of aromatic nitrogens is 3. The van der Waals surface area contributed by atoms with Crippen molar-refractivity contribution in [3.05, 3.63) is 0 Å². The van der Waals surface area contributed by atoms with Crippen LogP contribution in [-0.2, 0) is 0 Å². The van der Waals surface area contributed by atoms with Gasteiger partial charge in [-0.2, -0.15) is 10.1 Å². The summed E-state index contributed by atoms with van der Waals surface area (Å²) in [6.07, 6.45) is 0. The summed E-state index contributed by atoms with van der Waals surface area (Å²) < 4.78 is 0.956. The van der Waals surface area contributed by atoms with E-state index >= 15 is 0 Å². The van der Waals surface area contributed by atoms with E-state index in [0.717, 1.165) is 10.5 Å². The number of nitrogen functional groups attached to an aromatic ring is 1. The molecule has 2 aromatic rings. The summed E-state index contributed by atoms with van der Waals surface area (Å²) in [6, 6.07) is 0. The molecular formula is C4H6N5PS. The van der Waals surface area contributed by atoms with Crippen LogP contribution in [0, 0.1) is 0 Å². The van der Waals surface area contributed by atoms with Gasteiger partial charge in [0.05, 0.1) is 0 Å². The minimum Gasteiger partial charge on any atom is -0.375 e. The Labute approximate surface area is 68.6 Å². The van der Waals surface area contributed by atoms with E-state index in [2.05, 4.69) is 29.7 Å². The number of aromatic amines is 1. The number of anilines is 2. The molecule has 1 atom stereocenters. The van der Waals surface area contributed by atoms with Crippen LogP contribution in [0.1, 0.15) is 0 Å². The molecule has 5 nitrogen and oxygen atoms in total. The quantitative estimate of drug-likeness (QED) is 0.577. The normalized spacial score (nSPS) is 10.6. The highest BCUT2D eigenvalue weighted by atomic mass is 32.1. The molecule has 0 saturated heterocycles. The molecule has 0 aliphatic carbocycles. The van der Waals surface area contributed by atoms with E-state index in [1.54, 1.807) is 0 Å². The van der Waals surface area contributed by atoms with Gasteiger partial charge in [-0.1, -0.05) is 11.3 Å². The van der Waals surface area contributed by atoms with Crippen molar-refractivity contribution in [1.29, 1.82) is 0 Å². The van der Waals surface area contributed by atoms with Crippen LogP contribution in [0.4, 0.5) is 10.9 Å². The van der Waals surface area contributed by atoms with E-state index in [0.29, 0.717) is 10.8 Å². The molecule has 0 fully saturated rings. The van der Waals surface area contributed by atoms with Crippen molar-refractivity contribution in [3.63, 3.8) is 0 Å². The fourth-order valence-electron chi connectivity index (χ4n) is 0.824. The number of rotatable bonds is 1. The van der Waals surface area contributed by atoms with Crippen LogP contribution in [0.5, 0.6) is 0 Å². The number of H-pyrrole nitrogens is 1. The SMILES string of the molecule is Nc1nc2n[nH]c(NP)c2s1. The Balaban J connectivity index is 2.73. The molecule has 4 N–H and O–H groups in total. The molecule has 2 heterocycles. The van der Waals surface area contributed by atoms with Gasteiger partial charge in [0.2, 0.25) is 0 Å². The zero-order valence-corrected chi connectivity index (χ0v) is 7.43. The summed E-state index contributed by atoms with van der Waals surface area (Å²) in [6.45, 7) is 0. The number of nitrogens with one attached hydrogen (secondary N) is 2. The Bertz CT molecular complexity index is 379. The standard InChI is InChI=1S/C4H6N5PS/c5-4-6-2-1(11-4)3(9-10)8-7-2/h10H2,(H4,5,6,7,8,9). The number of nitrogens with two attached hydrogens (primary N) is 1. The third-order valence-corrected chi connectivity index (χ3v) is 2.45. The third kappa shape index (κ3) is 0.948. The zero-order valence-electron chi connectivity index (χ0n) is 5.46. The molecular weight excluding hydrogens is 181 g/mol. The van der Waals surface area contributed by atoms with Gasteiger partial charge >= 0.3 is 0 Å². The first-order valence-electron chi connectivity index (χ1n) is 2.88. The van der Waals surface area contributed by atoms with Gasteiger partial charge in [0, 0.05) is 0 Å². The molecule has 0 radical (unpaired) electrons. The second-order valence-corrected chi connectivity index (χ2v) is 3.27. The highest BCUT2D eigenvalue weighted by Gasteiger charge is 2.07. The lowest BCUT2D eigenvalue weighted by Crippen LogP contribution is -1.81. The molecule has 1 unspecified atom stereocenters. The molecule has 2 rings (SSSR count). The van der Waals surface area contributed by atoms with Crippen molar-refractivity contribution >= 4 is 42.0 Å². The third-order valence-electron chi connectivity index (χ3n) is 1.27. The summed E-state index contributed by atoms with van der Waals surface area (Å²) in [7, 11) is 2.38. The molecule has 0 saturated carbocycles. The lowest BCUT2D eigenvalue weighted by Gasteiger charge is -1.88. The Kier molecular flexibility index (Phi) is 1.44. The monoisotopic (exact) mass is 187 g/mol. The van der Waals surface area contributed by atoms with Crippen molar-refractivity contribution in [2.24, 2.45) is 0 Å². The minimum atomic E-state index is 0.540. The lowest BCUT2D eigenvalue weighted by atomic mass is 10.6. The van der Waals surface area contributed by atoms with Crippen LogP contribution in [-0.4, -0.2) is 15.2 Å². The highest BCUT2D eigenvalue weighted by molar-refractivity contribution is 7.23. The fourth-order valence-corrected chi connectivity index (χ4v) is 1.87. The fraction of sp³-hybridized carbons (Fsp3) is 0. The summed E-state index contributed by atoms with van der Waals surface area (Å²) in [5, 5.41) is 10.1. The second-order valence-electron chi connectivity index (χ2n) is 1.95. The van der Waals surface area contributed by atoms with E-state index in [4.69, 9.17) is 5.73 Å². The van der Waals surface area contributed by atoms with Crippen LogP contribution in [0.2, 0.25) is 0 Å². The number of nitrogens with zero attached hydrogens (tertiary/aromatic N) is 2.